The Morgan fingerprint density at radius 3 is 2.73 bits per heavy atom. The van der Waals surface area contributed by atoms with E-state index in [-0.39, 0.29) is 12.6 Å². The summed E-state index contributed by atoms with van der Waals surface area (Å²) in [7, 11) is 1.62. The zero-order valence-corrected chi connectivity index (χ0v) is 10.5. The summed E-state index contributed by atoms with van der Waals surface area (Å²) in [4.78, 5) is 0. The summed E-state index contributed by atoms with van der Waals surface area (Å²) in [6, 6.07) is 3.73. The molecule has 0 bridgehead atoms. The lowest BCUT2D eigenvalue weighted by Gasteiger charge is -2.17. The minimum atomic E-state index is -0.208. The molecule has 0 aliphatic heterocycles. The number of ether oxygens (including phenoxy) is 1. The van der Waals surface area contributed by atoms with Crippen LogP contribution in [0.15, 0.2) is 16.6 Å². The predicted octanol–water partition coefficient (Wildman–Crippen LogP) is 2.15. The van der Waals surface area contributed by atoms with Crippen molar-refractivity contribution < 1.29 is 9.84 Å². The molecule has 1 unspecified atom stereocenters. The Bertz CT molecular complexity index is 342. The van der Waals surface area contributed by atoms with E-state index in [2.05, 4.69) is 15.9 Å². The second-order valence-electron chi connectivity index (χ2n) is 3.48. The number of hydrogen-bond donors (Lipinski definition) is 2. The van der Waals surface area contributed by atoms with Gasteiger partial charge < -0.3 is 15.6 Å². The molecule has 0 spiro atoms. The molecule has 0 amide bonds. The number of nitrogens with two attached hydrogens (primary N) is 1. The number of benzene rings is 1. The van der Waals surface area contributed by atoms with Crippen LogP contribution in [0.1, 0.15) is 23.6 Å². The highest BCUT2D eigenvalue weighted by molar-refractivity contribution is 9.10. The van der Waals surface area contributed by atoms with Crippen LogP contribution in [0.5, 0.6) is 5.75 Å². The number of aryl methyl sites for hydroxylation is 1. The van der Waals surface area contributed by atoms with Gasteiger partial charge in [-0.15, -0.1) is 0 Å². The molecule has 3 N–H and O–H groups in total. The molecule has 0 fully saturated rings. The third-order valence-electron chi connectivity index (χ3n) is 2.27. The average molecular weight is 274 g/mol. The number of methoxy groups -OCH3 is 1. The predicted molar refractivity (Wildman–Crippen MR) is 64.1 cm³/mol. The summed E-state index contributed by atoms with van der Waals surface area (Å²) >= 11 is 3.47. The van der Waals surface area contributed by atoms with Crippen LogP contribution in [0, 0.1) is 6.92 Å². The second-order valence-corrected chi connectivity index (χ2v) is 4.34. The second kappa shape index (κ2) is 5.49. The molecule has 0 saturated heterocycles. The summed E-state index contributed by atoms with van der Waals surface area (Å²) in [5.74, 6) is 0.767. The Morgan fingerprint density at radius 2 is 2.20 bits per heavy atom. The van der Waals surface area contributed by atoms with Crippen molar-refractivity contribution in [3.05, 3.63) is 27.7 Å². The van der Waals surface area contributed by atoms with Crippen LogP contribution in [0.3, 0.4) is 0 Å². The van der Waals surface area contributed by atoms with Crippen LogP contribution < -0.4 is 10.5 Å². The van der Waals surface area contributed by atoms with Gasteiger partial charge in [0.15, 0.2) is 0 Å². The van der Waals surface area contributed by atoms with Crippen LogP contribution in [0.2, 0.25) is 0 Å². The number of halogens is 1. The molecule has 3 nitrogen and oxygen atoms in total. The Hall–Kier alpha value is -0.580. The van der Waals surface area contributed by atoms with Gasteiger partial charge in [-0.25, -0.2) is 0 Å². The highest BCUT2D eigenvalue weighted by Gasteiger charge is 2.15. The van der Waals surface area contributed by atoms with Crippen LogP contribution in [0.25, 0.3) is 0 Å². The first-order valence-corrected chi connectivity index (χ1v) is 5.60. The molecule has 0 aliphatic rings. The molecule has 4 heteroatoms. The lowest BCUT2D eigenvalue weighted by molar-refractivity contribution is 0.275. The van der Waals surface area contributed by atoms with Gasteiger partial charge in [-0.3, -0.25) is 0 Å². The normalized spacial score (nSPS) is 12.6. The number of hydrogen-bond acceptors (Lipinski definition) is 3. The Labute approximate surface area is 98.4 Å². The molecule has 84 valence electrons. The minimum Gasteiger partial charge on any atom is -0.496 e. The maximum atomic E-state index is 8.87. The van der Waals surface area contributed by atoms with Gasteiger partial charge in [-0.1, -0.05) is 15.9 Å². The van der Waals surface area contributed by atoms with E-state index in [1.807, 2.05) is 19.1 Å². The highest BCUT2D eigenvalue weighted by Crippen LogP contribution is 2.33. The molecular formula is C11H16BrNO2. The molecule has 1 aromatic carbocycles. The zero-order valence-electron chi connectivity index (χ0n) is 8.96. The topological polar surface area (TPSA) is 55.5 Å². The van der Waals surface area contributed by atoms with Gasteiger partial charge in [0, 0.05) is 22.7 Å². The van der Waals surface area contributed by atoms with E-state index in [1.165, 1.54) is 0 Å². The van der Waals surface area contributed by atoms with E-state index in [4.69, 9.17) is 15.6 Å². The summed E-state index contributed by atoms with van der Waals surface area (Å²) in [6.07, 6.45) is 0.526. The molecule has 0 saturated carbocycles. The third-order valence-corrected chi connectivity index (χ3v) is 2.92. The van der Waals surface area contributed by atoms with Crippen LogP contribution >= 0.6 is 15.9 Å². The summed E-state index contributed by atoms with van der Waals surface area (Å²) in [6.45, 7) is 2.07. The van der Waals surface area contributed by atoms with E-state index in [9.17, 15) is 0 Å². The minimum absolute atomic E-state index is 0.0740. The van der Waals surface area contributed by atoms with E-state index in [0.29, 0.717) is 6.42 Å². The molecule has 0 radical (unpaired) electrons. The smallest absolute Gasteiger partial charge is 0.125 e. The first-order chi connectivity index (χ1) is 7.10. The number of rotatable bonds is 4. The molecule has 1 atom stereocenters. The van der Waals surface area contributed by atoms with Crippen molar-refractivity contribution in [2.45, 2.75) is 19.4 Å². The van der Waals surface area contributed by atoms with Crippen molar-refractivity contribution >= 4 is 15.9 Å². The van der Waals surface area contributed by atoms with Gasteiger partial charge in [-0.2, -0.15) is 0 Å². The van der Waals surface area contributed by atoms with Crippen molar-refractivity contribution in [1.29, 1.82) is 0 Å². The summed E-state index contributed by atoms with van der Waals surface area (Å²) < 4.78 is 6.21. The van der Waals surface area contributed by atoms with Crippen molar-refractivity contribution in [2.75, 3.05) is 13.7 Å². The van der Waals surface area contributed by atoms with Crippen LogP contribution in [-0.2, 0) is 0 Å². The number of aliphatic hydroxyl groups is 1. The first kappa shape index (κ1) is 12.5. The van der Waals surface area contributed by atoms with Crippen molar-refractivity contribution in [2.24, 2.45) is 5.73 Å². The lowest BCUT2D eigenvalue weighted by atomic mass is 10.0. The molecule has 0 aromatic heterocycles. The van der Waals surface area contributed by atoms with E-state index in [0.717, 1.165) is 21.3 Å². The Morgan fingerprint density at radius 1 is 1.53 bits per heavy atom. The van der Waals surface area contributed by atoms with Gasteiger partial charge in [0.25, 0.3) is 0 Å². The SMILES string of the molecule is COc1cc(C)cc(Br)c1C(N)CCO. The standard InChI is InChI=1S/C11H16BrNO2/c1-7-5-8(12)11(9(13)3-4-14)10(6-7)15-2/h5-6,9,14H,3-4,13H2,1-2H3. The highest BCUT2D eigenvalue weighted by atomic mass is 79.9. The van der Waals surface area contributed by atoms with Crippen molar-refractivity contribution in [1.82, 2.24) is 0 Å². The summed E-state index contributed by atoms with van der Waals surface area (Å²) in [5, 5.41) is 8.87. The van der Waals surface area contributed by atoms with Gasteiger partial charge in [0.1, 0.15) is 5.75 Å². The maximum Gasteiger partial charge on any atom is 0.125 e. The molecule has 15 heavy (non-hydrogen) atoms. The zero-order chi connectivity index (χ0) is 11.4. The van der Waals surface area contributed by atoms with E-state index < -0.39 is 0 Å². The van der Waals surface area contributed by atoms with Crippen molar-refractivity contribution in [3.8, 4) is 5.75 Å². The fourth-order valence-electron chi connectivity index (χ4n) is 1.53. The summed E-state index contributed by atoms with van der Waals surface area (Å²) in [5.41, 5.74) is 7.99. The third kappa shape index (κ3) is 2.93. The van der Waals surface area contributed by atoms with Gasteiger partial charge in [0.2, 0.25) is 0 Å². The fraction of sp³-hybridized carbons (Fsp3) is 0.455. The Balaban J connectivity index is 3.14. The molecule has 0 aliphatic carbocycles. The Kier molecular flexibility index (Phi) is 4.57. The fourth-order valence-corrected chi connectivity index (χ4v) is 2.38. The quantitative estimate of drug-likeness (QED) is 0.884. The van der Waals surface area contributed by atoms with Gasteiger partial charge in [0.05, 0.1) is 7.11 Å². The van der Waals surface area contributed by atoms with Crippen LogP contribution in [-0.4, -0.2) is 18.8 Å². The van der Waals surface area contributed by atoms with E-state index >= 15 is 0 Å². The molecular weight excluding hydrogens is 258 g/mol. The number of aliphatic hydroxyl groups excluding tert-OH is 1. The monoisotopic (exact) mass is 273 g/mol. The van der Waals surface area contributed by atoms with Gasteiger partial charge >= 0.3 is 0 Å². The largest absolute Gasteiger partial charge is 0.496 e. The molecule has 1 aromatic rings. The van der Waals surface area contributed by atoms with E-state index in [1.54, 1.807) is 7.11 Å². The lowest BCUT2D eigenvalue weighted by Crippen LogP contribution is -2.14. The van der Waals surface area contributed by atoms with Crippen LogP contribution in [0.4, 0.5) is 0 Å². The molecule has 0 heterocycles. The first-order valence-electron chi connectivity index (χ1n) is 4.80. The molecule has 1 rings (SSSR count). The van der Waals surface area contributed by atoms with Crippen molar-refractivity contribution in [3.63, 3.8) is 0 Å². The van der Waals surface area contributed by atoms with Gasteiger partial charge in [-0.05, 0) is 31.0 Å². The maximum absolute atomic E-state index is 8.87. The average Bonchev–Trinajstić information content (AvgIpc) is 2.16.